The van der Waals surface area contributed by atoms with E-state index in [1.54, 1.807) is 19.9 Å². The van der Waals surface area contributed by atoms with Crippen molar-refractivity contribution >= 4 is 15.9 Å². The molecule has 0 aliphatic rings. The minimum atomic E-state index is -0.965. The third kappa shape index (κ3) is 2.13. The molecular weight excluding hydrogens is 249 g/mol. The molecule has 2 unspecified atom stereocenters. The summed E-state index contributed by atoms with van der Waals surface area (Å²) < 4.78 is 14.2. The number of rotatable bonds is 2. The number of hydrogen-bond acceptors (Lipinski definition) is 2. The quantitative estimate of drug-likeness (QED) is 0.858. The van der Waals surface area contributed by atoms with E-state index >= 15 is 0 Å². The summed E-state index contributed by atoms with van der Waals surface area (Å²) in [6.07, 6.45) is -0.965. The first-order valence-corrected chi connectivity index (χ1v) is 5.12. The zero-order valence-electron chi connectivity index (χ0n) is 8.09. The van der Waals surface area contributed by atoms with E-state index in [0.717, 1.165) is 4.47 Å². The average Bonchev–Trinajstić information content (AvgIpc) is 2.12. The number of aliphatic hydroxyl groups is 1. The van der Waals surface area contributed by atoms with E-state index in [1.165, 1.54) is 6.07 Å². The zero-order valence-corrected chi connectivity index (χ0v) is 9.68. The molecule has 14 heavy (non-hydrogen) atoms. The maximum absolute atomic E-state index is 13.4. The topological polar surface area (TPSA) is 46.2 Å². The molecule has 2 atom stereocenters. The fourth-order valence-corrected chi connectivity index (χ4v) is 1.64. The summed E-state index contributed by atoms with van der Waals surface area (Å²) in [5.41, 5.74) is 6.49. The van der Waals surface area contributed by atoms with Crippen LogP contribution in [0.3, 0.4) is 0 Å². The molecule has 0 bridgehead atoms. The third-order valence-electron chi connectivity index (χ3n) is 2.19. The van der Waals surface area contributed by atoms with E-state index in [9.17, 15) is 9.50 Å². The van der Waals surface area contributed by atoms with Gasteiger partial charge in [-0.25, -0.2) is 4.39 Å². The lowest BCUT2D eigenvalue weighted by Crippen LogP contribution is -2.26. The first-order chi connectivity index (χ1) is 6.45. The second kappa shape index (κ2) is 4.38. The van der Waals surface area contributed by atoms with Crippen molar-refractivity contribution in [3.63, 3.8) is 0 Å². The van der Waals surface area contributed by atoms with Crippen LogP contribution in [0.25, 0.3) is 0 Å². The zero-order chi connectivity index (χ0) is 10.9. The highest BCUT2D eigenvalue weighted by Gasteiger charge is 2.20. The Hall–Kier alpha value is -0.450. The molecule has 0 heterocycles. The fourth-order valence-electron chi connectivity index (χ4n) is 1.29. The molecule has 1 aromatic rings. The summed E-state index contributed by atoms with van der Waals surface area (Å²) in [6.45, 7) is 3.39. The molecule has 4 heteroatoms. The van der Waals surface area contributed by atoms with E-state index in [4.69, 9.17) is 5.73 Å². The second-order valence-corrected chi connectivity index (χ2v) is 4.23. The van der Waals surface area contributed by atoms with Crippen LogP contribution in [-0.2, 0) is 0 Å². The molecule has 0 saturated carbocycles. The number of hydrogen-bond donors (Lipinski definition) is 2. The van der Waals surface area contributed by atoms with Gasteiger partial charge in [-0.1, -0.05) is 15.9 Å². The van der Waals surface area contributed by atoms with Gasteiger partial charge in [0.2, 0.25) is 0 Å². The summed E-state index contributed by atoms with van der Waals surface area (Å²) in [6, 6.07) is 2.44. The monoisotopic (exact) mass is 261 g/mol. The van der Waals surface area contributed by atoms with Gasteiger partial charge in [-0.2, -0.15) is 0 Å². The van der Waals surface area contributed by atoms with Gasteiger partial charge in [0.15, 0.2) is 0 Å². The van der Waals surface area contributed by atoms with Crippen LogP contribution in [0.2, 0.25) is 0 Å². The summed E-state index contributed by atoms with van der Waals surface area (Å²) in [5, 5.41) is 9.70. The van der Waals surface area contributed by atoms with Crippen LogP contribution in [0.5, 0.6) is 0 Å². The van der Waals surface area contributed by atoms with Crippen LogP contribution in [0, 0.1) is 12.7 Å². The Balaban J connectivity index is 3.25. The number of aliphatic hydroxyl groups excluding tert-OH is 1. The van der Waals surface area contributed by atoms with Gasteiger partial charge >= 0.3 is 0 Å². The van der Waals surface area contributed by atoms with Gasteiger partial charge in [0.05, 0.1) is 6.10 Å². The molecule has 0 aliphatic heterocycles. The van der Waals surface area contributed by atoms with E-state index in [-0.39, 0.29) is 5.56 Å². The number of nitrogens with two attached hydrogens (primary N) is 1. The molecule has 1 rings (SSSR count). The maximum Gasteiger partial charge on any atom is 0.129 e. The normalized spacial score (nSPS) is 15.3. The van der Waals surface area contributed by atoms with Crippen molar-refractivity contribution in [2.45, 2.75) is 26.0 Å². The number of benzene rings is 1. The SMILES string of the molecule is Cc1c(Br)ccc(F)c1C(O)C(C)N. The summed E-state index contributed by atoms with van der Waals surface area (Å²) >= 11 is 3.28. The third-order valence-corrected chi connectivity index (χ3v) is 3.05. The van der Waals surface area contributed by atoms with Crippen LogP contribution in [0.1, 0.15) is 24.2 Å². The van der Waals surface area contributed by atoms with Crippen molar-refractivity contribution in [2.24, 2.45) is 5.73 Å². The van der Waals surface area contributed by atoms with Crippen molar-refractivity contribution in [2.75, 3.05) is 0 Å². The summed E-state index contributed by atoms with van der Waals surface area (Å²) in [4.78, 5) is 0. The molecule has 0 aliphatic carbocycles. The molecule has 78 valence electrons. The smallest absolute Gasteiger partial charge is 0.129 e. The van der Waals surface area contributed by atoms with Gasteiger partial charge in [-0.15, -0.1) is 0 Å². The van der Waals surface area contributed by atoms with Crippen LogP contribution >= 0.6 is 15.9 Å². The molecule has 0 spiro atoms. The Morgan fingerprint density at radius 3 is 2.57 bits per heavy atom. The van der Waals surface area contributed by atoms with Gasteiger partial charge < -0.3 is 10.8 Å². The predicted molar refractivity (Wildman–Crippen MR) is 57.4 cm³/mol. The highest BCUT2D eigenvalue weighted by molar-refractivity contribution is 9.10. The molecule has 0 radical (unpaired) electrons. The van der Waals surface area contributed by atoms with Gasteiger partial charge in [0.25, 0.3) is 0 Å². The Morgan fingerprint density at radius 1 is 1.50 bits per heavy atom. The number of halogens is 2. The van der Waals surface area contributed by atoms with Gasteiger partial charge in [0, 0.05) is 16.1 Å². The molecule has 0 fully saturated rings. The first-order valence-electron chi connectivity index (χ1n) is 4.33. The molecule has 0 aromatic heterocycles. The Kier molecular flexibility index (Phi) is 3.64. The largest absolute Gasteiger partial charge is 0.387 e. The van der Waals surface area contributed by atoms with Crippen molar-refractivity contribution in [3.05, 3.63) is 33.5 Å². The van der Waals surface area contributed by atoms with Crippen LogP contribution in [0.4, 0.5) is 4.39 Å². The molecular formula is C10H13BrFNO. The van der Waals surface area contributed by atoms with Gasteiger partial charge in [-0.3, -0.25) is 0 Å². The van der Waals surface area contributed by atoms with Crippen molar-refractivity contribution in [3.8, 4) is 0 Å². The van der Waals surface area contributed by atoms with E-state index in [2.05, 4.69) is 15.9 Å². The Bertz CT molecular complexity index is 341. The van der Waals surface area contributed by atoms with E-state index < -0.39 is 18.0 Å². The lowest BCUT2D eigenvalue weighted by atomic mass is 9.99. The average molecular weight is 262 g/mol. The Morgan fingerprint density at radius 2 is 2.07 bits per heavy atom. The predicted octanol–water partition coefficient (Wildman–Crippen LogP) is 2.28. The van der Waals surface area contributed by atoms with Crippen LogP contribution in [0.15, 0.2) is 16.6 Å². The van der Waals surface area contributed by atoms with Gasteiger partial charge in [0.1, 0.15) is 5.82 Å². The maximum atomic E-state index is 13.4. The van der Waals surface area contributed by atoms with Crippen LogP contribution in [-0.4, -0.2) is 11.1 Å². The van der Waals surface area contributed by atoms with Crippen molar-refractivity contribution in [1.29, 1.82) is 0 Å². The standard InChI is InChI=1S/C10H13BrFNO/c1-5-7(11)3-4-8(12)9(5)10(14)6(2)13/h3-4,6,10,14H,13H2,1-2H3. The highest BCUT2D eigenvalue weighted by atomic mass is 79.9. The molecule has 3 N–H and O–H groups in total. The highest BCUT2D eigenvalue weighted by Crippen LogP contribution is 2.28. The summed E-state index contributed by atoms with van der Waals surface area (Å²) in [7, 11) is 0. The molecule has 2 nitrogen and oxygen atoms in total. The Labute approximate surface area is 91.1 Å². The molecule has 1 aromatic carbocycles. The van der Waals surface area contributed by atoms with Crippen LogP contribution < -0.4 is 5.73 Å². The second-order valence-electron chi connectivity index (χ2n) is 3.37. The fraction of sp³-hybridized carbons (Fsp3) is 0.400. The lowest BCUT2D eigenvalue weighted by Gasteiger charge is -2.18. The first kappa shape index (κ1) is 11.6. The van der Waals surface area contributed by atoms with Gasteiger partial charge in [-0.05, 0) is 31.5 Å². The van der Waals surface area contributed by atoms with Crippen molar-refractivity contribution in [1.82, 2.24) is 0 Å². The van der Waals surface area contributed by atoms with E-state index in [1.807, 2.05) is 0 Å². The molecule has 0 saturated heterocycles. The minimum absolute atomic E-state index is 0.273. The minimum Gasteiger partial charge on any atom is -0.387 e. The lowest BCUT2D eigenvalue weighted by molar-refractivity contribution is 0.148. The van der Waals surface area contributed by atoms with E-state index in [0.29, 0.717) is 5.56 Å². The summed E-state index contributed by atoms with van der Waals surface area (Å²) in [5.74, 6) is -0.421. The molecule has 0 amide bonds. The van der Waals surface area contributed by atoms with Crippen molar-refractivity contribution < 1.29 is 9.50 Å².